The molecule has 0 bridgehead atoms. The van der Waals surface area contributed by atoms with Crippen LogP contribution in [0.2, 0.25) is 0 Å². The third-order valence-electron chi connectivity index (χ3n) is 4.02. The van der Waals surface area contributed by atoms with Crippen molar-refractivity contribution in [2.75, 3.05) is 19.0 Å². The Kier molecular flexibility index (Phi) is 5.68. The highest BCUT2D eigenvalue weighted by atomic mass is 16.5. The number of amides is 2. The number of anilines is 1. The molecular weight excluding hydrogens is 344 g/mol. The van der Waals surface area contributed by atoms with E-state index in [-0.39, 0.29) is 18.3 Å². The SMILES string of the molecule is C=CCNC(=O)c1ccccc1NC(=O)c1oc2ccccc2c1COC. The summed E-state index contributed by atoms with van der Waals surface area (Å²) >= 11 is 0. The number of hydrogen-bond donors (Lipinski definition) is 2. The van der Waals surface area contributed by atoms with Gasteiger partial charge in [-0.1, -0.05) is 36.4 Å². The Morgan fingerprint density at radius 2 is 1.85 bits per heavy atom. The average molecular weight is 364 g/mol. The van der Waals surface area contributed by atoms with Crippen molar-refractivity contribution in [3.63, 3.8) is 0 Å². The van der Waals surface area contributed by atoms with Crippen LogP contribution in [0.5, 0.6) is 0 Å². The van der Waals surface area contributed by atoms with Crippen molar-refractivity contribution in [3.05, 3.63) is 78.1 Å². The third-order valence-corrected chi connectivity index (χ3v) is 4.02. The first-order valence-corrected chi connectivity index (χ1v) is 8.44. The summed E-state index contributed by atoms with van der Waals surface area (Å²) in [5, 5.41) is 6.29. The van der Waals surface area contributed by atoms with E-state index in [1.165, 1.54) is 0 Å². The minimum absolute atomic E-state index is 0.166. The van der Waals surface area contributed by atoms with Crippen molar-refractivity contribution in [1.29, 1.82) is 0 Å². The van der Waals surface area contributed by atoms with Gasteiger partial charge in [0.15, 0.2) is 5.76 Å². The first-order chi connectivity index (χ1) is 13.2. The van der Waals surface area contributed by atoms with Crippen LogP contribution < -0.4 is 10.6 Å². The first kappa shape index (κ1) is 18.4. The summed E-state index contributed by atoms with van der Waals surface area (Å²) < 4.78 is 11.0. The molecule has 138 valence electrons. The van der Waals surface area contributed by atoms with Gasteiger partial charge in [0.2, 0.25) is 0 Å². The predicted octanol–water partition coefficient (Wildman–Crippen LogP) is 3.75. The lowest BCUT2D eigenvalue weighted by Crippen LogP contribution is -2.25. The van der Waals surface area contributed by atoms with E-state index in [4.69, 9.17) is 9.15 Å². The molecule has 0 unspecified atom stereocenters. The molecule has 0 aliphatic rings. The van der Waals surface area contributed by atoms with Crippen LogP contribution in [-0.2, 0) is 11.3 Å². The summed E-state index contributed by atoms with van der Waals surface area (Å²) in [7, 11) is 1.56. The van der Waals surface area contributed by atoms with Crippen LogP contribution in [0.15, 0.2) is 65.6 Å². The van der Waals surface area contributed by atoms with Gasteiger partial charge in [-0.05, 0) is 18.2 Å². The van der Waals surface area contributed by atoms with Gasteiger partial charge in [-0.2, -0.15) is 0 Å². The Morgan fingerprint density at radius 1 is 1.11 bits per heavy atom. The number of ether oxygens (including phenoxy) is 1. The number of rotatable bonds is 7. The van der Waals surface area contributed by atoms with Gasteiger partial charge in [0.25, 0.3) is 11.8 Å². The van der Waals surface area contributed by atoms with Crippen LogP contribution in [0.25, 0.3) is 11.0 Å². The van der Waals surface area contributed by atoms with Gasteiger partial charge in [0.05, 0.1) is 17.9 Å². The van der Waals surface area contributed by atoms with E-state index in [1.807, 2.05) is 18.2 Å². The van der Waals surface area contributed by atoms with Crippen molar-refractivity contribution in [3.8, 4) is 0 Å². The molecule has 0 radical (unpaired) electrons. The molecule has 0 saturated heterocycles. The number of carbonyl (C=O) groups excluding carboxylic acids is 2. The summed E-state index contributed by atoms with van der Waals surface area (Å²) in [5.74, 6) is -0.575. The highest BCUT2D eigenvalue weighted by Crippen LogP contribution is 2.27. The highest BCUT2D eigenvalue weighted by Gasteiger charge is 2.22. The lowest BCUT2D eigenvalue weighted by molar-refractivity contribution is 0.0959. The van der Waals surface area contributed by atoms with Gasteiger partial charge < -0.3 is 19.8 Å². The second kappa shape index (κ2) is 8.33. The second-order valence-corrected chi connectivity index (χ2v) is 5.84. The topological polar surface area (TPSA) is 80.6 Å². The Bertz CT molecular complexity index is 991. The summed E-state index contributed by atoms with van der Waals surface area (Å²) in [4.78, 5) is 25.2. The number of carbonyl (C=O) groups is 2. The number of hydrogen-bond acceptors (Lipinski definition) is 4. The van der Waals surface area contributed by atoms with Crippen molar-refractivity contribution in [2.45, 2.75) is 6.61 Å². The first-order valence-electron chi connectivity index (χ1n) is 8.44. The van der Waals surface area contributed by atoms with Crippen molar-refractivity contribution < 1.29 is 18.7 Å². The lowest BCUT2D eigenvalue weighted by Gasteiger charge is -2.10. The molecule has 0 aliphatic heterocycles. The predicted molar refractivity (Wildman–Crippen MR) is 104 cm³/mol. The van der Waals surface area contributed by atoms with Crippen LogP contribution in [-0.4, -0.2) is 25.5 Å². The monoisotopic (exact) mass is 364 g/mol. The quantitative estimate of drug-likeness (QED) is 0.626. The van der Waals surface area contributed by atoms with Gasteiger partial charge in [-0.15, -0.1) is 6.58 Å². The largest absolute Gasteiger partial charge is 0.451 e. The lowest BCUT2D eigenvalue weighted by atomic mass is 10.1. The fourth-order valence-electron chi connectivity index (χ4n) is 2.80. The molecular formula is C21H20N2O4. The van der Waals surface area contributed by atoms with Crippen LogP contribution in [0.1, 0.15) is 26.5 Å². The molecule has 3 aromatic rings. The smallest absolute Gasteiger partial charge is 0.291 e. The number of furan rings is 1. The molecule has 2 N–H and O–H groups in total. The molecule has 0 fully saturated rings. The van der Waals surface area contributed by atoms with E-state index in [0.717, 1.165) is 5.39 Å². The summed E-state index contributed by atoms with van der Waals surface area (Å²) in [6.07, 6.45) is 1.59. The zero-order valence-electron chi connectivity index (χ0n) is 15.0. The number of para-hydroxylation sites is 2. The molecule has 0 aliphatic carbocycles. The number of benzene rings is 2. The maximum Gasteiger partial charge on any atom is 0.291 e. The highest BCUT2D eigenvalue weighted by molar-refractivity contribution is 6.10. The van der Waals surface area contributed by atoms with Gasteiger partial charge in [-0.3, -0.25) is 9.59 Å². The summed E-state index contributed by atoms with van der Waals surface area (Å²) in [6.45, 7) is 4.15. The van der Waals surface area contributed by atoms with Crippen LogP contribution in [0, 0.1) is 0 Å². The van der Waals surface area contributed by atoms with E-state index in [9.17, 15) is 9.59 Å². The fraction of sp³-hybridized carbons (Fsp3) is 0.143. The molecule has 6 heteroatoms. The Balaban J connectivity index is 1.93. The molecule has 1 aromatic heterocycles. The molecule has 0 spiro atoms. The van der Waals surface area contributed by atoms with Crippen molar-refractivity contribution in [1.82, 2.24) is 5.32 Å². The maximum atomic E-state index is 12.9. The van der Waals surface area contributed by atoms with E-state index in [2.05, 4.69) is 17.2 Å². The van der Waals surface area contributed by atoms with Gasteiger partial charge in [-0.25, -0.2) is 0 Å². The summed E-state index contributed by atoms with van der Waals surface area (Å²) in [6, 6.07) is 14.2. The fourth-order valence-corrected chi connectivity index (χ4v) is 2.80. The van der Waals surface area contributed by atoms with Crippen LogP contribution >= 0.6 is 0 Å². The molecule has 2 amide bonds. The van der Waals surface area contributed by atoms with Gasteiger partial charge in [0, 0.05) is 24.6 Å². The molecule has 0 atom stereocenters. The summed E-state index contributed by atoms with van der Waals surface area (Å²) in [5.41, 5.74) is 2.02. The molecule has 2 aromatic carbocycles. The van der Waals surface area contributed by atoms with Crippen LogP contribution in [0.4, 0.5) is 5.69 Å². The molecule has 3 rings (SSSR count). The normalized spacial score (nSPS) is 10.6. The van der Waals surface area contributed by atoms with E-state index < -0.39 is 5.91 Å². The number of methoxy groups -OCH3 is 1. The van der Waals surface area contributed by atoms with Gasteiger partial charge in [0.1, 0.15) is 5.58 Å². The third kappa shape index (κ3) is 3.91. The van der Waals surface area contributed by atoms with Crippen LogP contribution in [0.3, 0.4) is 0 Å². The second-order valence-electron chi connectivity index (χ2n) is 5.84. The maximum absolute atomic E-state index is 12.9. The van der Waals surface area contributed by atoms with Crippen molar-refractivity contribution in [2.24, 2.45) is 0 Å². The van der Waals surface area contributed by atoms with E-state index in [1.54, 1.807) is 43.5 Å². The molecule has 27 heavy (non-hydrogen) atoms. The molecule has 0 saturated carbocycles. The zero-order valence-corrected chi connectivity index (χ0v) is 15.0. The van der Waals surface area contributed by atoms with E-state index in [0.29, 0.717) is 28.9 Å². The Morgan fingerprint density at radius 3 is 2.63 bits per heavy atom. The average Bonchev–Trinajstić information content (AvgIpc) is 3.06. The molecule has 6 nitrogen and oxygen atoms in total. The van der Waals surface area contributed by atoms with Crippen molar-refractivity contribution >= 4 is 28.5 Å². The van der Waals surface area contributed by atoms with E-state index >= 15 is 0 Å². The number of fused-ring (bicyclic) bond motifs is 1. The minimum atomic E-state index is -0.442. The standard InChI is InChI=1S/C21H20N2O4/c1-3-12-22-20(24)15-9-4-6-10-17(15)23-21(25)19-16(13-26-2)14-8-5-7-11-18(14)27-19/h3-11H,1,12-13H2,2H3,(H,22,24)(H,23,25). The van der Waals surface area contributed by atoms with Gasteiger partial charge >= 0.3 is 0 Å². The zero-order chi connectivity index (χ0) is 19.2. The Hall–Kier alpha value is -3.38. The minimum Gasteiger partial charge on any atom is -0.451 e. The number of nitrogens with one attached hydrogen (secondary N) is 2. The molecule has 1 heterocycles. The Labute approximate surface area is 156 Å².